The minimum Gasteiger partial charge on any atom is -0.378 e. The minimum atomic E-state index is 0.775. The number of nitrogens with zero attached hydrogens (tertiary/aromatic N) is 3. The van der Waals surface area contributed by atoms with Crippen LogP contribution < -0.4 is 10.2 Å². The maximum absolute atomic E-state index is 4.45. The molecule has 1 heterocycles. The molecule has 0 aliphatic carbocycles. The average molecular weight is 316 g/mol. The van der Waals surface area contributed by atoms with Crippen molar-refractivity contribution < 1.29 is 0 Å². The van der Waals surface area contributed by atoms with Gasteiger partial charge in [0, 0.05) is 46.5 Å². The zero-order valence-corrected chi connectivity index (χ0v) is 15.2. The van der Waals surface area contributed by atoms with Gasteiger partial charge in [-0.3, -0.25) is 4.99 Å². The van der Waals surface area contributed by atoms with Gasteiger partial charge in [0.25, 0.3) is 0 Å². The van der Waals surface area contributed by atoms with Crippen LogP contribution in [0.25, 0.3) is 0 Å². The number of aliphatic imine (C=N–C) groups is 1. The number of rotatable bonds is 5. The highest BCUT2D eigenvalue weighted by molar-refractivity contribution is 5.79. The van der Waals surface area contributed by atoms with Gasteiger partial charge in [-0.05, 0) is 49.3 Å². The number of likely N-dealkylation sites (tertiary alicyclic amines) is 1. The molecule has 1 unspecified atom stereocenters. The standard InChI is InChI=1S/C19H32N4/c1-16-7-6-14-23(15-16)19(20-2)21-13-5-8-17-9-11-18(12-10-17)22(3)4/h9-12,16H,5-8,13-15H2,1-4H3,(H,20,21). The fraction of sp³-hybridized carbons (Fsp3) is 0.632. The van der Waals surface area contributed by atoms with Gasteiger partial charge in [-0.25, -0.2) is 0 Å². The summed E-state index contributed by atoms with van der Waals surface area (Å²) in [6.07, 6.45) is 4.86. The monoisotopic (exact) mass is 316 g/mol. The van der Waals surface area contributed by atoms with E-state index >= 15 is 0 Å². The van der Waals surface area contributed by atoms with Gasteiger partial charge in [0.2, 0.25) is 0 Å². The second-order valence-corrected chi connectivity index (χ2v) is 6.83. The number of aryl methyl sites for hydroxylation is 1. The molecular formula is C19H32N4. The van der Waals surface area contributed by atoms with Crippen LogP contribution >= 0.6 is 0 Å². The molecule has 0 radical (unpaired) electrons. The Morgan fingerprint density at radius 1 is 1.30 bits per heavy atom. The Morgan fingerprint density at radius 2 is 2.04 bits per heavy atom. The first-order chi connectivity index (χ1) is 11.1. The third kappa shape index (κ3) is 5.45. The number of guanidine groups is 1. The molecule has 0 spiro atoms. The van der Waals surface area contributed by atoms with Gasteiger partial charge < -0.3 is 15.1 Å². The van der Waals surface area contributed by atoms with E-state index in [9.17, 15) is 0 Å². The van der Waals surface area contributed by atoms with Crippen LogP contribution in [0.15, 0.2) is 29.3 Å². The van der Waals surface area contributed by atoms with Crippen LogP contribution in [0.1, 0.15) is 31.7 Å². The lowest BCUT2D eigenvalue weighted by atomic mass is 10.0. The minimum absolute atomic E-state index is 0.775. The third-order valence-corrected chi connectivity index (χ3v) is 4.55. The van der Waals surface area contributed by atoms with E-state index in [1.807, 2.05) is 7.05 Å². The molecule has 1 saturated heterocycles. The second kappa shape index (κ2) is 8.80. The van der Waals surface area contributed by atoms with Crippen molar-refractivity contribution in [1.29, 1.82) is 0 Å². The summed E-state index contributed by atoms with van der Waals surface area (Å²) in [6.45, 7) is 5.57. The summed E-state index contributed by atoms with van der Waals surface area (Å²) in [7, 11) is 6.04. The average Bonchev–Trinajstić information content (AvgIpc) is 2.55. The molecule has 0 aromatic heterocycles. The summed E-state index contributed by atoms with van der Waals surface area (Å²) in [6, 6.07) is 8.85. The molecule has 23 heavy (non-hydrogen) atoms. The van der Waals surface area contributed by atoms with E-state index in [-0.39, 0.29) is 0 Å². The molecular weight excluding hydrogens is 284 g/mol. The van der Waals surface area contributed by atoms with Gasteiger partial charge in [-0.15, -0.1) is 0 Å². The molecule has 0 amide bonds. The van der Waals surface area contributed by atoms with Gasteiger partial charge in [0.05, 0.1) is 0 Å². The molecule has 0 saturated carbocycles. The molecule has 4 heteroatoms. The summed E-state index contributed by atoms with van der Waals surface area (Å²) < 4.78 is 0. The number of anilines is 1. The quantitative estimate of drug-likeness (QED) is 0.515. The van der Waals surface area contributed by atoms with Crippen LogP contribution in [0.4, 0.5) is 5.69 Å². The molecule has 2 rings (SSSR count). The van der Waals surface area contributed by atoms with E-state index in [1.54, 1.807) is 0 Å². The lowest BCUT2D eigenvalue weighted by Crippen LogP contribution is -2.46. The zero-order valence-electron chi connectivity index (χ0n) is 15.2. The zero-order chi connectivity index (χ0) is 16.7. The highest BCUT2D eigenvalue weighted by Crippen LogP contribution is 2.15. The molecule has 1 aromatic rings. The fourth-order valence-electron chi connectivity index (χ4n) is 3.17. The Bertz CT molecular complexity index is 493. The lowest BCUT2D eigenvalue weighted by molar-refractivity contribution is 0.266. The third-order valence-electron chi connectivity index (χ3n) is 4.55. The normalized spacial score (nSPS) is 18.9. The Kier molecular flexibility index (Phi) is 6.75. The molecule has 0 bridgehead atoms. The molecule has 4 nitrogen and oxygen atoms in total. The smallest absolute Gasteiger partial charge is 0.193 e. The van der Waals surface area contributed by atoms with Crippen LogP contribution in [-0.4, -0.2) is 51.6 Å². The predicted octanol–water partition coefficient (Wildman–Crippen LogP) is 2.99. The van der Waals surface area contributed by atoms with E-state index in [1.165, 1.54) is 24.1 Å². The Labute approximate surface area is 141 Å². The topological polar surface area (TPSA) is 30.9 Å². The van der Waals surface area contributed by atoms with Crippen molar-refractivity contribution in [2.75, 3.05) is 45.7 Å². The maximum atomic E-state index is 4.45. The van der Waals surface area contributed by atoms with Crippen LogP contribution in [-0.2, 0) is 6.42 Å². The molecule has 1 aliphatic rings. The lowest BCUT2D eigenvalue weighted by Gasteiger charge is -2.33. The van der Waals surface area contributed by atoms with Crippen molar-refractivity contribution >= 4 is 11.6 Å². The van der Waals surface area contributed by atoms with Gasteiger partial charge in [-0.2, -0.15) is 0 Å². The summed E-state index contributed by atoms with van der Waals surface area (Å²) in [4.78, 5) is 8.98. The largest absolute Gasteiger partial charge is 0.378 e. The number of hydrogen-bond donors (Lipinski definition) is 1. The summed E-state index contributed by atoms with van der Waals surface area (Å²) in [5.41, 5.74) is 2.66. The Hall–Kier alpha value is -1.71. The van der Waals surface area contributed by atoms with Crippen LogP contribution in [0.3, 0.4) is 0 Å². The van der Waals surface area contributed by atoms with E-state index in [2.05, 4.69) is 65.4 Å². The van der Waals surface area contributed by atoms with Gasteiger partial charge in [-0.1, -0.05) is 19.1 Å². The molecule has 1 aliphatic heterocycles. The number of benzene rings is 1. The van der Waals surface area contributed by atoms with Crippen molar-refractivity contribution in [2.45, 2.75) is 32.6 Å². The van der Waals surface area contributed by atoms with Crippen LogP contribution in [0, 0.1) is 5.92 Å². The van der Waals surface area contributed by atoms with Gasteiger partial charge in [0.1, 0.15) is 0 Å². The second-order valence-electron chi connectivity index (χ2n) is 6.83. The Balaban J connectivity index is 1.73. The number of hydrogen-bond acceptors (Lipinski definition) is 2. The fourth-order valence-corrected chi connectivity index (χ4v) is 3.17. The summed E-state index contributed by atoms with van der Waals surface area (Å²) in [5, 5.41) is 3.53. The maximum Gasteiger partial charge on any atom is 0.193 e. The van der Waals surface area contributed by atoms with Gasteiger partial charge in [0.15, 0.2) is 5.96 Å². The molecule has 128 valence electrons. The number of piperidine rings is 1. The Morgan fingerprint density at radius 3 is 2.65 bits per heavy atom. The van der Waals surface area contributed by atoms with E-state index < -0.39 is 0 Å². The van der Waals surface area contributed by atoms with Gasteiger partial charge >= 0.3 is 0 Å². The molecule has 1 fully saturated rings. The predicted molar refractivity (Wildman–Crippen MR) is 100 cm³/mol. The molecule has 1 atom stereocenters. The van der Waals surface area contributed by atoms with Crippen LogP contribution in [0.5, 0.6) is 0 Å². The van der Waals surface area contributed by atoms with E-state index in [0.29, 0.717) is 0 Å². The van der Waals surface area contributed by atoms with Crippen molar-refractivity contribution in [1.82, 2.24) is 10.2 Å². The van der Waals surface area contributed by atoms with E-state index in [4.69, 9.17) is 0 Å². The number of nitrogens with one attached hydrogen (secondary N) is 1. The van der Waals surface area contributed by atoms with Crippen molar-refractivity contribution in [3.05, 3.63) is 29.8 Å². The first-order valence-corrected chi connectivity index (χ1v) is 8.82. The highest BCUT2D eigenvalue weighted by atomic mass is 15.3. The summed E-state index contributed by atoms with van der Waals surface area (Å²) in [5.74, 6) is 1.84. The summed E-state index contributed by atoms with van der Waals surface area (Å²) >= 11 is 0. The highest BCUT2D eigenvalue weighted by Gasteiger charge is 2.18. The van der Waals surface area contributed by atoms with Crippen molar-refractivity contribution in [3.63, 3.8) is 0 Å². The molecule has 1 aromatic carbocycles. The molecule has 1 N–H and O–H groups in total. The first-order valence-electron chi connectivity index (χ1n) is 8.82. The van der Waals surface area contributed by atoms with Crippen molar-refractivity contribution in [3.8, 4) is 0 Å². The van der Waals surface area contributed by atoms with Crippen LogP contribution in [0.2, 0.25) is 0 Å². The first kappa shape index (κ1) is 17.6. The van der Waals surface area contributed by atoms with Crippen molar-refractivity contribution in [2.24, 2.45) is 10.9 Å². The van der Waals surface area contributed by atoms with E-state index in [0.717, 1.165) is 44.4 Å². The SMILES string of the molecule is CN=C(NCCCc1ccc(N(C)C)cc1)N1CCCC(C)C1.